The molecule has 0 atom stereocenters. The molecule has 2 aromatic rings. The Morgan fingerprint density at radius 2 is 1.74 bits per heavy atom. The lowest BCUT2D eigenvalue weighted by molar-refractivity contribution is -0.384. The van der Waals surface area contributed by atoms with Crippen LogP contribution in [0.15, 0.2) is 42.5 Å². The van der Waals surface area contributed by atoms with Crippen LogP contribution >= 0.6 is 12.2 Å². The number of carbonyl (C=O) groups is 1. The van der Waals surface area contributed by atoms with E-state index < -0.39 is 4.92 Å². The smallest absolute Gasteiger partial charge is 0.293 e. The van der Waals surface area contributed by atoms with Crippen molar-refractivity contribution in [1.82, 2.24) is 5.32 Å². The second-order valence-electron chi connectivity index (χ2n) is 4.98. The Bertz CT molecular complexity index is 776. The van der Waals surface area contributed by atoms with Crippen LogP contribution in [0.25, 0.3) is 0 Å². The van der Waals surface area contributed by atoms with Crippen LogP contribution in [-0.2, 0) is 0 Å². The van der Waals surface area contributed by atoms with Crippen LogP contribution < -0.4 is 10.6 Å². The molecule has 7 heteroatoms. The summed E-state index contributed by atoms with van der Waals surface area (Å²) in [7, 11) is 0. The molecule has 0 aromatic heterocycles. The third-order valence-electron chi connectivity index (χ3n) is 3.32. The van der Waals surface area contributed by atoms with Crippen LogP contribution in [-0.4, -0.2) is 15.9 Å². The molecule has 2 rings (SSSR count). The Hall–Kier alpha value is -2.80. The van der Waals surface area contributed by atoms with Crippen LogP contribution in [0.4, 0.5) is 11.4 Å². The maximum absolute atomic E-state index is 12.0. The SMILES string of the molecule is Cc1cc(NC(=S)NC(=O)c2ccccc2)c([N+](=O)[O-])cc1C. The minimum atomic E-state index is -0.490. The molecule has 0 heterocycles. The maximum Gasteiger partial charge on any atom is 0.293 e. The fraction of sp³-hybridized carbons (Fsp3) is 0.125. The molecule has 0 aliphatic carbocycles. The number of nitrogens with one attached hydrogen (secondary N) is 2. The number of thiocarbonyl (C=S) groups is 1. The maximum atomic E-state index is 12.0. The van der Waals surface area contributed by atoms with Crippen molar-refractivity contribution in [3.05, 3.63) is 69.3 Å². The zero-order valence-corrected chi connectivity index (χ0v) is 13.4. The summed E-state index contributed by atoms with van der Waals surface area (Å²) in [6, 6.07) is 11.7. The van der Waals surface area contributed by atoms with Crippen molar-refractivity contribution in [2.24, 2.45) is 0 Å². The van der Waals surface area contributed by atoms with Crippen molar-refractivity contribution in [2.45, 2.75) is 13.8 Å². The highest BCUT2D eigenvalue weighted by Crippen LogP contribution is 2.27. The number of benzene rings is 2. The van der Waals surface area contributed by atoms with Gasteiger partial charge in [0.25, 0.3) is 11.6 Å². The van der Waals surface area contributed by atoms with Gasteiger partial charge in [0.05, 0.1) is 4.92 Å². The second-order valence-corrected chi connectivity index (χ2v) is 5.39. The van der Waals surface area contributed by atoms with Gasteiger partial charge < -0.3 is 5.32 Å². The van der Waals surface area contributed by atoms with E-state index in [1.54, 1.807) is 43.3 Å². The van der Waals surface area contributed by atoms with Gasteiger partial charge >= 0.3 is 0 Å². The molecular weight excluding hydrogens is 314 g/mol. The second kappa shape index (κ2) is 6.97. The third-order valence-corrected chi connectivity index (χ3v) is 3.52. The van der Waals surface area contributed by atoms with E-state index in [0.29, 0.717) is 5.56 Å². The Labute approximate surface area is 138 Å². The third kappa shape index (κ3) is 4.10. The number of nitro groups is 1. The van der Waals surface area contributed by atoms with Gasteiger partial charge in [-0.1, -0.05) is 18.2 Å². The first-order valence-corrected chi connectivity index (χ1v) is 7.22. The highest BCUT2D eigenvalue weighted by molar-refractivity contribution is 7.80. The Morgan fingerprint density at radius 1 is 1.13 bits per heavy atom. The van der Waals surface area contributed by atoms with E-state index >= 15 is 0 Å². The first-order valence-electron chi connectivity index (χ1n) is 6.81. The molecule has 0 aliphatic heterocycles. The first-order chi connectivity index (χ1) is 10.9. The average molecular weight is 329 g/mol. The monoisotopic (exact) mass is 329 g/mol. The van der Waals surface area contributed by atoms with Crippen molar-refractivity contribution in [2.75, 3.05) is 5.32 Å². The first kappa shape index (κ1) is 16.6. The summed E-state index contributed by atoms with van der Waals surface area (Å²) in [4.78, 5) is 22.7. The molecule has 0 bridgehead atoms. The van der Waals surface area contributed by atoms with Gasteiger partial charge in [-0.15, -0.1) is 0 Å². The lowest BCUT2D eigenvalue weighted by Crippen LogP contribution is -2.34. The summed E-state index contributed by atoms with van der Waals surface area (Å²) in [5.74, 6) is -0.380. The van der Waals surface area contributed by atoms with Crippen molar-refractivity contribution < 1.29 is 9.72 Å². The van der Waals surface area contributed by atoms with Crippen LogP contribution in [0.3, 0.4) is 0 Å². The molecule has 0 unspecified atom stereocenters. The molecule has 0 saturated heterocycles. The molecule has 6 nitrogen and oxygen atoms in total. The van der Waals surface area contributed by atoms with Gasteiger partial charge in [-0.3, -0.25) is 20.2 Å². The van der Waals surface area contributed by atoms with Crippen molar-refractivity contribution in [3.8, 4) is 0 Å². The quantitative estimate of drug-likeness (QED) is 0.512. The zero-order chi connectivity index (χ0) is 17.0. The van der Waals surface area contributed by atoms with Crippen LogP contribution in [0.1, 0.15) is 21.5 Å². The van der Waals surface area contributed by atoms with Gasteiger partial charge in [0.15, 0.2) is 5.11 Å². The van der Waals surface area contributed by atoms with Crippen LogP contribution in [0.5, 0.6) is 0 Å². The zero-order valence-electron chi connectivity index (χ0n) is 12.6. The fourth-order valence-corrected chi connectivity index (χ4v) is 2.17. The molecule has 0 spiro atoms. The summed E-state index contributed by atoms with van der Waals surface area (Å²) in [5, 5.41) is 16.4. The number of aryl methyl sites for hydroxylation is 2. The molecular formula is C16H15N3O3S. The molecule has 2 N–H and O–H groups in total. The predicted molar refractivity (Wildman–Crippen MR) is 92.7 cm³/mol. The summed E-state index contributed by atoms with van der Waals surface area (Å²) in [6.07, 6.45) is 0. The van der Waals surface area contributed by atoms with E-state index in [1.165, 1.54) is 6.07 Å². The van der Waals surface area contributed by atoms with Crippen LogP contribution in [0, 0.1) is 24.0 Å². The van der Waals surface area contributed by atoms with E-state index in [9.17, 15) is 14.9 Å². The number of carbonyl (C=O) groups excluding carboxylic acids is 1. The fourth-order valence-electron chi connectivity index (χ4n) is 1.97. The largest absolute Gasteiger partial charge is 0.327 e. The van der Waals surface area contributed by atoms with Crippen molar-refractivity contribution in [3.63, 3.8) is 0 Å². The highest BCUT2D eigenvalue weighted by atomic mass is 32.1. The number of hydrogen-bond acceptors (Lipinski definition) is 4. The number of nitro benzene ring substituents is 1. The average Bonchev–Trinajstić information content (AvgIpc) is 2.51. The summed E-state index contributed by atoms with van der Waals surface area (Å²) >= 11 is 5.07. The Morgan fingerprint density at radius 3 is 2.35 bits per heavy atom. The van der Waals surface area contributed by atoms with Gasteiger partial charge in [0, 0.05) is 11.6 Å². The predicted octanol–water partition coefficient (Wildman–Crippen LogP) is 3.34. The van der Waals surface area contributed by atoms with Gasteiger partial charge in [-0.05, 0) is 55.4 Å². The van der Waals surface area contributed by atoms with Gasteiger partial charge in [0.1, 0.15) is 5.69 Å². The summed E-state index contributed by atoms with van der Waals surface area (Å²) in [5.41, 5.74) is 2.30. The number of rotatable bonds is 3. The van der Waals surface area contributed by atoms with Gasteiger partial charge in [-0.2, -0.15) is 0 Å². The summed E-state index contributed by atoms with van der Waals surface area (Å²) < 4.78 is 0. The topological polar surface area (TPSA) is 84.3 Å². The number of nitrogens with zero attached hydrogens (tertiary/aromatic N) is 1. The molecule has 118 valence electrons. The van der Waals surface area contributed by atoms with E-state index in [4.69, 9.17) is 12.2 Å². The molecule has 23 heavy (non-hydrogen) atoms. The molecule has 0 fully saturated rings. The van der Waals surface area contributed by atoms with Crippen molar-refractivity contribution in [1.29, 1.82) is 0 Å². The normalized spacial score (nSPS) is 10.0. The minimum Gasteiger partial charge on any atom is -0.327 e. The van der Waals surface area contributed by atoms with Crippen molar-refractivity contribution >= 4 is 34.6 Å². The highest BCUT2D eigenvalue weighted by Gasteiger charge is 2.17. The van der Waals surface area contributed by atoms with E-state index in [0.717, 1.165) is 11.1 Å². The molecule has 1 amide bonds. The molecule has 0 aliphatic rings. The lowest BCUT2D eigenvalue weighted by atomic mass is 10.1. The minimum absolute atomic E-state index is 0.00482. The van der Waals surface area contributed by atoms with Gasteiger partial charge in [0.2, 0.25) is 0 Å². The van der Waals surface area contributed by atoms with E-state index in [-0.39, 0.29) is 22.4 Å². The van der Waals surface area contributed by atoms with E-state index in [2.05, 4.69) is 10.6 Å². The summed E-state index contributed by atoms with van der Waals surface area (Å²) in [6.45, 7) is 3.64. The lowest BCUT2D eigenvalue weighted by Gasteiger charge is -2.11. The van der Waals surface area contributed by atoms with E-state index in [1.807, 2.05) is 6.92 Å². The standard InChI is InChI=1S/C16H15N3O3S/c1-10-8-13(14(19(21)22)9-11(10)2)17-16(23)18-15(20)12-6-4-3-5-7-12/h3-9H,1-2H3,(H2,17,18,20,23). The van der Waals surface area contributed by atoms with Crippen LogP contribution in [0.2, 0.25) is 0 Å². The molecule has 2 aromatic carbocycles. The van der Waals surface area contributed by atoms with Gasteiger partial charge in [-0.25, -0.2) is 0 Å². The Kier molecular flexibility index (Phi) is 5.02. The molecule has 0 radical (unpaired) electrons. The number of amides is 1. The Balaban J connectivity index is 2.16. The number of anilines is 1. The number of hydrogen-bond donors (Lipinski definition) is 2. The molecule has 0 saturated carbocycles.